The molecule has 10 heavy (non-hydrogen) atoms. The summed E-state index contributed by atoms with van der Waals surface area (Å²) in [7, 11) is 0. The van der Waals surface area contributed by atoms with Crippen LogP contribution in [0.15, 0.2) is 11.4 Å². The van der Waals surface area contributed by atoms with Gasteiger partial charge in [-0.3, -0.25) is 0 Å². The molecule has 2 heteroatoms. The van der Waals surface area contributed by atoms with E-state index in [0.29, 0.717) is 0 Å². The topological polar surface area (TPSA) is 26.0 Å². The molecule has 1 aromatic rings. The molecule has 2 N–H and O–H groups in total. The third kappa shape index (κ3) is 1.39. The smallest absolute Gasteiger partial charge is 0.0303 e. The Morgan fingerprint density at radius 3 is 2.80 bits per heavy atom. The van der Waals surface area contributed by atoms with E-state index in [9.17, 15) is 0 Å². The molecule has 56 valence electrons. The summed E-state index contributed by atoms with van der Waals surface area (Å²) in [5, 5.41) is 2.10. The Morgan fingerprint density at radius 1 is 1.70 bits per heavy atom. The molecule has 1 rings (SSSR count). The van der Waals surface area contributed by atoms with Gasteiger partial charge >= 0.3 is 0 Å². The van der Waals surface area contributed by atoms with Crippen molar-refractivity contribution in [1.82, 2.24) is 0 Å². The minimum Gasteiger partial charge on any atom is -0.324 e. The first-order valence-electron chi connectivity index (χ1n) is 3.55. The fourth-order valence-electron chi connectivity index (χ4n) is 0.999. The van der Waals surface area contributed by atoms with Crippen molar-refractivity contribution in [3.63, 3.8) is 0 Å². The highest BCUT2D eigenvalue weighted by atomic mass is 32.1. The molecular weight excluding hydrogens is 142 g/mol. The van der Waals surface area contributed by atoms with Gasteiger partial charge in [0.25, 0.3) is 0 Å². The van der Waals surface area contributed by atoms with Gasteiger partial charge in [-0.05, 0) is 30.4 Å². The average molecular weight is 155 g/mol. The highest BCUT2D eigenvalue weighted by Gasteiger charge is 2.05. The van der Waals surface area contributed by atoms with E-state index in [2.05, 4.69) is 25.3 Å². The first-order chi connectivity index (χ1) is 4.75. The van der Waals surface area contributed by atoms with Gasteiger partial charge in [-0.25, -0.2) is 0 Å². The third-order valence-corrected chi connectivity index (χ3v) is 2.60. The van der Waals surface area contributed by atoms with E-state index in [-0.39, 0.29) is 6.04 Å². The van der Waals surface area contributed by atoms with E-state index in [4.69, 9.17) is 5.73 Å². The minimum absolute atomic E-state index is 0.242. The van der Waals surface area contributed by atoms with Gasteiger partial charge in [-0.1, -0.05) is 6.92 Å². The zero-order valence-electron chi connectivity index (χ0n) is 6.42. The third-order valence-electron chi connectivity index (χ3n) is 1.74. The van der Waals surface area contributed by atoms with E-state index in [0.717, 1.165) is 6.42 Å². The van der Waals surface area contributed by atoms with Crippen LogP contribution in [0.3, 0.4) is 0 Å². The number of hydrogen-bond acceptors (Lipinski definition) is 2. The van der Waals surface area contributed by atoms with Crippen molar-refractivity contribution in [1.29, 1.82) is 0 Å². The van der Waals surface area contributed by atoms with Crippen molar-refractivity contribution >= 4 is 11.3 Å². The molecule has 0 spiro atoms. The fraction of sp³-hybridized carbons (Fsp3) is 0.500. The molecule has 0 aromatic carbocycles. The van der Waals surface area contributed by atoms with Crippen molar-refractivity contribution < 1.29 is 0 Å². The monoisotopic (exact) mass is 155 g/mol. The SMILES string of the molecule is CCC(N)c1ccsc1C. The van der Waals surface area contributed by atoms with E-state index in [1.165, 1.54) is 10.4 Å². The largest absolute Gasteiger partial charge is 0.324 e. The maximum Gasteiger partial charge on any atom is 0.0303 e. The normalized spacial score (nSPS) is 13.5. The Balaban J connectivity index is 2.82. The summed E-state index contributed by atoms with van der Waals surface area (Å²) >= 11 is 1.77. The molecule has 0 aliphatic heterocycles. The number of thiophene rings is 1. The van der Waals surface area contributed by atoms with Crippen LogP contribution in [0.25, 0.3) is 0 Å². The molecule has 0 aliphatic rings. The lowest BCUT2D eigenvalue weighted by Gasteiger charge is -2.06. The summed E-state index contributed by atoms with van der Waals surface area (Å²) in [6.45, 7) is 4.23. The van der Waals surface area contributed by atoms with Crippen LogP contribution in [0.2, 0.25) is 0 Å². The van der Waals surface area contributed by atoms with Crippen LogP contribution in [0.5, 0.6) is 0 Å². The van der Waals surface area contributed by atoms with Crippen molar-refractivity contribution in [3.8, 4) is 0 Å². The quantitative estimate of drug-likeness (QED) is 0.697. The van der Waals surface area contributed by atoms with Gasteiger partial charge in [0.2, 0.25) is 0 Å². The van der Waals surface area contributed by atoms with Gasteiger partial charge in [-0.15, -0.1) is 11.3 Å². The highest BCUT2D eigenvalue weighted by Crippen LogP contribution is 2.22. The molecule has 0 amide bonds. The fourth-order valence-corrected chi connectivity index (χ4v) is 1.77. The Hall–Kier alpha value is -0.340. The van der Waals surface area contributed by atoms with Gasteiger partial charge < -0.3 is 5.73 Å². The second-order valence-corrected chi connectivity index (χ2v) is 3.57. The molecule has 1 atom stereocenters. The van der Waals surface area contributed by atoms with Gasteiger partial charge in [0.05, 0.1) is 0 Å². The van der Waals surface area contributed by atoms with Gasteiger partial charge in [0.1, 0.15) is 0 Å². The Kier molecular flexibility index (Phi) is 2.46. The molecule has 0 saturated heterocycles. The molecule has 0 bridgehead atoms. The van der Waals surface area contributed by atoms with Crippen molar-refractivity contribution in [2.24, 2.45) is 5.73 Å². The first kappa shape index (κ1) is 7.76. The minimum atomic E-state index is 0.242. The molecular formula is C8H13NS. The summed E-state index contributed by atoms with van der Waals surface area (Å²) in [5.41, 5.74) is 7.16. The summed E-state index contributed by atoms with van der Waals surface area (Å²) in [4.78, 5) is 1.36. The highest BCUT2D eigenvalue weighted by molar-refractivity contribution is 7.10. The predicted octanol–water partition coefficient (Wildman–Crippen LogP) is 2.47. The van der Waals surface area contributed by atoms with Crippen LogP contribution in [0.1, 0.15) is 29.8 Å². The zero-order chi connectivity index (χ0) is 7.56. The number of rotatable bonds is 2. The summed E-state index contributed by atoms with van der Waals surface area (Å²) < 4.78 is 0. The average Bonchev–Trinajstić information content (AvgIpc) is 2.34. The van der Waals surface area contributed by atoms with Crippen LogP contribution < -0.4 is 5.73 Å². The van der Waals surface area contributed by atoms with Crippen LogP contribution in [-0.2, 0) is 0 Å². The number of hydrogen-bond donors (Lipinski definition) is 1. The standard InChI is InChI=1S/C8H13NS/c1-3-8(9)7-4-5-10-6(7)2/h4-5,8H,3,9H2,1-2H3. The maximum absolute atomic E-state index is 5.85. The zero-order valence-corrected chi connectivity index (χ0v) is 7.24. The maximum atomic E-state index is 5.85. The van der Waals surface area contributed by atoms with Crippen LogP contribution in [-0.4, -0.2) is 0 Å². The van der Waals surface area contributed by atoms with E-state index >= 15 is 0 Å². The summed E-state index contributed by atoms with van der Waals surface area (Å²) in [6.07, 6.45) is 1.03. The lowest BCUT2D eigenvalue weighted by molar-refractivity contribution is 0.698. The van der Waals surface area contributed by atoms with Crippen LogP contribution in [0, 0.1) is 6.92 Å². The van der Waals surface area contributed by atoms with E-state index in [1.807, 2.05) is 0 Å². The Labute approximate surface area is 65.9 Å². The molecule has 0 aliphatic carbocycles. The molecule has 1 heterocycles. The first-order valence-corrected chi connectivity index (χ1v) is 4.43. The van der Waals surface area contributed by atoms with Gasteiger partial charge in [0, 0.05) is 10.9 Å². The predicted molar refractivity (Wildman–Crippen MR) is 46.3 cm³/mol. The molecule has 0 radical (unpaired) electrons. The Bertz CT molecular complexity index is 205. The molecule has 1 unspecified atom stereocenters. The van der Waals surface area contributed by atoms with Crippen molar-refractivity contribution in [3.05, 3.63) is 21.9 Å². The van der Waals surface area contributed by atoms with Gasteiger partial charge in [-0.2, -0.15) is 0 Å². The molecule has 0 fully saturated rings. The van der Waals surface area contributed by atoms with Crippen molar-refractivity contribution in [2.45, 2.75) is 26.3 Å². The second-order valence-electron chi connectivity index (χ2n) is 2.45. The number of nitrogens with two attached hydrogens (primary N) is 1. The van der Waals surface area contributed by atoms with Crippen molar-refractivity contribution in [2.75, 3.05) is 0 Å². The molecule has 1 aromatic heterocycles. The van der Waals surface area contributed by atoms with Crippen LogP contribution in [0.4, 0.5) is 0 Å². The van der Waals surface area contributed by atoms with E-state index in [1.54, 1.807) is 11.3 Å². The Morgan fingerprint density at radius 2 is 2.40 bits per heavy atom. The molecule has 1 nitrogen and oxygen atoms in total. The molecule has 0 saturated carbocycles. The summed E-state index contributed by atoms with van der Waals surface area (Å²) in [6, 6.07) is 2.36. The summed E-state index contributed by atoms with van der Waals surface area (Å²) in [5.74, 6) is 0. The van der Waals surface area contributed by atoms with Gasteiger partial charge in [0.15, 0.2) is 0 Å². The van der Waals surface area contributed by atoms with E-state index < -0.39 is 0 Å². The lowest BCUT2D eigenvalue weighted by Crippen LogP contribution is -2.08. The number of aryl methyl sites for hydroxylation is 1. The van der Waals surface area contributed by atoms with Crippen LogP contribution >= 0.6 is 11.3 Å². The lowest BCUT2D eigenvalue weighted by atomic mass is 10.1. The second kappa shape index (κ2) is 3.17.